The predicted octanol–water partition coefficient (Wildman–Crippen LogP) is 3.25. The van der Waals surface area contributed by atoms with Gasteiger partial charge in [-0.1, -0.05) is 0 Å². The van der Waals surface area contributed by atoms with Gasteiger partial charge in [0.25, 0.3) is 0 Å². The summed E-state index contributed by atoms with van der Waals surface area (Å²) in [6.07, 6.45) is 2.60. The maximum absolute atomic E-state index is 11.7. The zero-order valence-corrected chi connectivity index (χ0v) is 16.7. The summed E-state index contributed by atoms with van der Waals surface area (Å²) in [5.74, 6) is -0.161. The van der Waals surface area contributed by atoms with Crippen LogP contribution in [-0.2, 0) is 10.3 Å². The monoisotopic (exact) mass is 382 g/mol. The highest BCUT2D eigenvalue weighted by atomic mass is 16.5. The van der Waals surface area contributed by atoms with Crippen LogP contribution in [0.3, 0.4) is 0 Å². The molecule has 0 fully saturated rings. The zero-order chi connectivity index (χ0) is 20.3. The second-order valence-corrected chi connectivity index (χ2v) is 7.53. The summed E-state index contributed by atoms with van der Waals surface area (Å²) in [7, 11) is 4.08. The number of pyridine rings is 1. The molecule has 0 atom stereocenters. The van der Waals surface area contributed by atoms with Crippen LogP contribution in [0.5, 0.6) is 5.75 Å². The Morgan fingerprint density at radius 2 is 1.93 bits per heavy atom. The minimum atomic E-state index is -1.21. The maximum Gasteiger partial charge on any atom is 0.331 e. The lowest BCUT2D eigenvalue weighted by Crippen LogP contribution is -2.36. The second kappa shape index (κ2) is 7.98. The third-order valence-electron chi connectivity index (χ3n) is 4.64. The van der Waals surface area contributed by atoms with Crippen molar-refractivity contribution in [3.63, 3.8) is 0 Å². The molecule has 0 amide bonds. The number of carbonyl (C=O) groups is 1. The van der Waals surface area contributed by atoms with Gasteiger partial charge < -0.3 is 14.7 Å². The lowest BCUT2D eigenvalue weighted by Gasteiger charge is -2.20. The van der Waals surface area contributed by atoms with E-state index in [1.54, 1.807) is 20.0 Å². The maximum atomic E-state index is 11.7. The number of benzene rings is 1. The number of hydrogen-bond acceptors (Lipinski definition) is 5. The highest BCUT2D eigenvalue weighted by Crippen LogP contribution is 2.31. The topological polar surface area (TPSA) is 80.5 Å². The number of carboxylic acids is 1. The van der Waals surface area contributed by atoms with Gasteiger partial charge in [-0.2, -0.15) is 5.10 Å². The van der Waals surface area contributed by atoms with Crippen LogP contribution in [0.25, 0.3) is 22.3 Å². The van der Waals surface area contributed by atoms with Crippen LogP contribution in [0.15, 0.2) is 42.6 Å². The van der Waals surface area contributed by atoms with Gasteiger partial charge in [-0.05, 0) is 70.8 Å². The van der Waals surface area contributed by atoms with Crippen molar-refractivity contribution in [1.82, 2.24) is 19.7 Å². The van der Waals surface area contributed by atoms with Crippen LogP contribution in [0.4, 0.5) is 0 Å². The zero-order valence-electron chi connectivity index (χ0n) is 16.7. The van der Waals surface area contributed by atoms with Gasteiger partial charge in [-0.15, -0.1) is 0 Å². The molecular formula is C21H26N4O3. The highest BCUT2D eigenvalue weighted by Gasteiger charge is 2.33. The predicted molar refractivity (Wildman–Crippen MR) is 109 cm³/mol. The normalized spacial score (nSPS) is 11.9. The van der Waals surface area contributed by atoms with Gasteiger partial charge in [0.15, 0.2) is 11.2 Å². The number of rotatable bonds is 8. The van der Waals surface area contributed by atoms with Crippen LogP contribution in [0.2, 0.25) is 0 Å². The quantitative estimate of drug-likeness (QED) is 0.603. The summed E-state index contributed by atoms with van der Waals surface area (Å²) in [4.78, 5) is 18.2. The van der Waals surface area contributed by atoms with E-state index in [0.717, 1.165) is 29.7 Å². The van der Waals surface area contributed by atoms with E-state index in [4.69, 9.17) is 4.74 Å². The molecule has 1 aromatic carbocycles. The Bertz CT molecular complexity index is 961. The Morgan fingerprint density at radius 3 is 2.57 bits per heavy atom. The highest BCUT2D eigenvalue weighted by molar-refractivity contribution is 5.92. The Labute approximate surface area is 164 Å². The Hall–Kier alpha value is -2.93. The number of ether oxygens (including phenoxy) is 1. The summed E-state index contributed by atoms with van der Waals surface area (Å²) >= 11 is 0. The number of hydrogen-bond donors (Lipinski definition) is 1. The van der Waals surface area contributed by atoms with E-state index in [-0.39, 0.29) is 0 Å². The van der Waals surface area contributed by atoms with Crippen molar-refractivity contribution in [3.05, 3.63) is 42.6 Å². The lowest BCUT2D eigenvalue weighted by molar-refractivity contribution is -0.146. The molecule has 0 aliphatic carbocycles. The second-order valence-electron chi connectivity index (χ2n) is 7.53. The third-order valence-corrected chi connectivity index (χ3v) is 4.64. The van der Waals surface area contributed by atoms with Gasteiger partial charge in [-0.3, -0.25) is 0 Å². The van der Waals surface area contributed by atoms with Crippen molar-refractivity contribution in [2.24, 2.45) is 0 Å². The largest absolute Gasteiger partial charge is 0.494 e. The fourth-order valence-electron chi connectivity index (χ4n) is 2.93. The average molecular weight is 382 g/mol. The number of nitrogens with zero attached hydrogens (tertiary/aromatic N) is 4. The van der Waals surface area contributed by atoms with Crippen molar-refractivity contribution in [1.29, 1.82) is 0 Å². The summed E-state index contributed by atoms with van der Waals surface area (Å²) in [6, 6.07) is 11.4. The minimum Gasteiger partial charge on any atom is -0.494 e. The summed E-state index contributed by atoms with van der Waals surface area (Å²) in [5, 5.41) is 15.0. The smallest absolute Gasteiger partial charge is 0.331 e. The molecule has 2 heterocycles. The minimum absolute atomic E-state index is 0.550. The Kier molecular flexibility index (Phi) is 5.65. The number of aromatic nitrogens is 3. The molecule has 0 aliphatic rings. The number of fused-ring (bicyclic) bond motifs is 1. The van der Waals surface area contributed by atoms with Gasteiger partial charge >= 0.3 is 5.97 Å². The molecule has 0 unspecified atom stereocenters. The molecule has 148 valence electrons. The van der Waals surface area contributed by atoms with Crippen molar-refractivity contribution in [3.8, 4) is 17.0 Å². The molecule has 0 spiro atoms. The number of aliphatic carboxylic acids is 1. The molecule has 0 bridgehead atoms. The Balaban J connectivity index is 1.89. The van der Waals surface area contributed by atoms with Crippen LogP contribution in [-0.4, -0.2) is 58.0 Å². The van der Waals surface area contributed by atoms with Gasteiger partial charge in [0, 0.05) is 23.7 Å². The van der Waals surface area contributed by atoms with E-state index in [1.165, 1.54) is 4.68 Å². The third kappa shape index (κ3) is 3.99. The SMILES string of the molecule is CN(C)CCCOc1ccc(-c2nn(C(C)(C)C(=O)O)c3ncccc23)cc1. The van der Waals surface area contributed by atoms with Crippen LogP contribution in [0, 0.1) is 0 Å². The molecule has 2 aromatic heterocycles. The first-order valence-electron chi connectivity index (χ1n) is 9.26. The molecule has 3 rings (SSSR count). The molecule has 28 heavy (non-hydrogen) atoms. The number of carboxylic acid groups (broad SMARTS) is 1. The molecule has 7 nitrogen and oxygen atoms in total. The summed E-state index contributed by atoms with van der Waals surface area (Å²) in [5.41, 5.74) is 0.935. The van der Waals surface area contributed by atoms with Crippen LogP contribution >= 0.6 is 0 Å². The van der Waals surface area contributed by atoms with Crippen LogP contribution in [0.1, 0.15) is 20.3 Å². The summed E-state index contributed by atoms with van der Waals surface area (Å²) < 4.78 is 7.26. The molecule has 0 saturated heterocycles. The first kappa shape index (κ1) is 19.8. The van der Waals surface area contributed by atoms with E-state index in [9.17, 15) is 9.90 Å². The van der Waals surface area contributed by atoms with E-state index in [2.05, 4.69) is 15.0 Å². The Morgan fingerprint density at radius 1 is 1.21 bits per heavy atom. The first-order chi connectivity index (χ1) is 13.3. The molecule has 0 saturated carbocycles. The van der Waals surface area contributed by atoms with E-state index >= 15 is 0 Å². The van der Waals surface area contributed by atoms with Gasteiger partial charge in [0.1, 0.15) is 11.4 Å². The van der Waals surface area contributed by atoms with E-state index < -0.39 is 11.5 Å². The summed E-state index contributed by atoms with van der Waals surface area (Å²) in [6.45, 7) is 4.87. The molecule has 7 heteroatoms. The molecule has 3 aromatic rings. The standard InChI is InChI=1S/C21H26N4O3/c1-21(2,20(26)27)25-19-17(7-5-12-22-19)18(23-25)15-8-10-16(11-9-15)28-14-6-13-24(3)4/h5,7-12H,6,13-14H2,1-4H3,(H,26,27). The van der Waals surface area contributed by atoms with E-state index in [1.807, 2.05) is 50.5 Å². The molecule has 0 aliphatic heterocycles. The fourth-order valence-corrected chi connectivity index (χ4v) is 2.93. The van der Waals surface area contributed by atoms with Gasteiger partial charge in [-0.25, -0.2) is 14.5 Å². The van der Waals surface area contributed by atoms with Crippen LogP contribution < -0.4 is 4.74 Å². The lowest BCUT2D eigenvalue weighted by atomic mass is 10.1. The fraction of sp³-hybridized carbons (Fsp3) is 0.381. The average Bonchev–Trinajstić information content (AvgIpc) is 3.06. The van der Waals surface area contributed by atoms with Crippen molar-refractivity contribution in [2.75, 3.05) is 27.2 Å². The molecule has 0 radical (unpaired) electrons. The first-order valence-corrected chi connectivity index (χ1v) is 9.26. The molecule has 1 N–H and O–H groups in total. The van der Waals surface area contributed by atoms with Gasteiger partial charge in [0.2, 0.25) is 0 Å². The van der Waals surface area contributed by atoms with Crippen molar-refractivity contribution < 1.29 is 14.6 Å². The van der Waals surface area contributed by atoms with Crippen molar-refractivity contribution in [2.45, 2.75) is 25.8 Å². The molecular weight excluding hydrogens is 356 g/mol. The van der Waals surface area contributed by atoms with E-state index in [0.29, 0.717) is 17.9 Å². The van der Waals surface area contributed by atoms with Crippen molar-refractivity contribution >= 4 is 17.0 Å². The van der Waals surface area contributed by atoms with Gasteiger partial charge in [0.05, 0.1) is 6.61 Å².